The first kappa shape index (κ1) is 18.7. The standard InChI is InChI=1S/C11H21N3O5S/c1-8(13-7-19-11(17)20-2)14(18)6-4-3-5-9(12)10(15)16/h9,18H,3-7,12H2,1-2H3,(H,15,16)/t9-/m0/s1. The third kappa shape index (κ3) is 8.73. The molecule has 8 nitrogen and oxygen atoms in total. The molecule has 1 atom stereocenters. The molecular formula is C11H21N3O5S. The molecule has 0 unspecified atom stereocenters. The number of aliphatic imine (C=N–C) groups is 1. The lowest BCUT2D eigenvalue weighted by Crippen LogP contribution is -2.30. The molecule has 0 aromatic carbocycles. The number of rotatable bonds is 8. The SMILES string of the molecule is CSC(=O)OCN=C(C)N(O)CCCC[C@H](N)C(=O)O. The summed E-state index contributed by atoms with van der Waals surface area (Å²) < 4.78 is 4.71. The van der Waals surface area contributed by atoms with Crippen LogP contribution in [0.5, 0.6) is 0 Å². The minimum absolute atomic E-state index is 0.146. The van der Waals surface area contributed by atoms with Crippen LogP contribution in [0.1, 0.15) is 26.2 Å². The van der Waals surface area contributed by atoms with Gasteiger partial charge in [-0.15, -0.1) is 0 Å². The molecule has 0 saturated carbocycles. The second kappa shape index (κ2) is 10.5. The van der Waals surface area contributed by atoms with Gasteiger partial charge >= 0.3 is 11.3 Å². The first-order valence-corrected chi connectivity index (χ1v) is 7.27. The van der Waals surface area contributed by atoms with Crippen LogP contribution in [-0.2, 0) is 9.53 Å². The number of hydrogen-bond acceptors (Lipinski definition) is 7. The Balaban J connectivity index is 3.84. The fraction of sp³-hybridized carbons (Fsp3) is 0.727. The lowest BCUT2D eigenvalue weighted by atomic mass is 10.1. The summed E-state index contributed by atoms with van der Waals surface area (Å²) in [5.41, 5.74) is 5.35. The quantitative estimate of drug-likeness (QED) is 0.200. The predicted octanol–water partition coefficient (Wildman–Crippen LogP) is 1.14. The number of thioether (sulfide) groups is 1. The first-order valence-electron chi connectivity index (χ1n) is 6.05. The molecule has 0 aromatic rings. The molecule has 0 aliphatic carbocycles. The number of hydrogen-bond donors (Lipinski definition) is 3. The highest BCUT2D eigenvalue weighted by Gasteiger charge is 2.11. The average Bonchev–Trinajstić information content (AvgIpc) is 2.42. The highest BCUT2D eigenvalue weighted by atomic mass is 32.2. The third-order valence-corrected chi connectivity index (χ3v) is 2.92. The Morgan fingerprint density at radius 3 is 2.65 bits per heavy atom. The highest BCUT2D eigenvalue weighted by Crippen LogP contribution is 2.02. The Morgan fingerprint density at radius 1 is 1.45 bits per heavy atom. The number of ether oxygens (including phenoxy) is 1. The number of carbonyl (C=O) groups excluding carboxylic acids is 1. The number of aliphatic carboxylic acids is 1. The Morgan fingerprint density at radius 2 is 2.10 bits per heavy atom. The summed E-state index contributed by atoms with van der Waals surface area (Å²) in [7, 11) is 0. The maximum absolute atomic E-state index is 10.8. The van der Waals surface area contributed by atoms with Crippen molar-refractivity contribution in [1.82, 2.24) is 5.06 Å². The van der Waals surface area contributed by atoms with E-state index in [9.17, 15) is 14.8 Å². The van der Waals surface area contributed by atoms with Gasteiger partial charge in [-0.05, 0) is 44.2 Å². The zero-order valence-corrected chi connectivity index (χ0v) is 12.4. The van der Waals surface area contributed by atoms with E-state index in [1.165, 1.54) is 0 Å². The Kier molecular flexibility index (Phi) is 9.77. The molecule has 0 aliphatic rings. The summed E-state index contributed by atoms with van der Waals surface area (Å²) >= 11 is 0.940. The van der Waals surface area contributed by atoms with E-state index in [2.05, 4.69) is 4.99 Å². The van der Waals surface area contributed by atoms with Crippen molar-refractivity contribution in [3.8, 4) is 0 Å². The summed E-state index contributed by atoms with van der Waals surface area (Å²) in [5, 5.41) is 18.7. The van der Waals surface area contributed by atoms with Gasteiger partial charge in [0.05, 0.1) is 0 Å². The van der Waals surface area contributed by atoms with E-state index in [0.29, 0.717) is 31.6 Å². The molecule has 0 radical (unpaired) electrons. The zero-order valence-electron chi connectivity index (χ0n) is 11.6. The predicted molar refractivity (Wildman–Crippen MR) is 75.9 cm³/mol. The van der Waals surface area contributed by atoms with Crippen LogP contribution in [0.3, 0.4) is 0 Å². The zero-order chi connectivity index (χ0) is 15.5. The summed E-state index contributed by atoms with van der Waals surface area (Å²) in [5.74, 6) is -0.708. The van der Waals surface area contributed by atoms with E-state index in [1.54, 1.807) is 13.2 Å². The van der Waals surface area contributed by atoms with E-state index in [4.69, 9.17) is 15.6 Å². The molecule has 0 fully saturated rings. The fourth-order valence-electron chi connectivity index (χ4n) is 1.23. The first-order chi connectivity index (χ1) is 9.38. The normalized spacial score (nSPS) is 12.9. The van der Waals surface area contributed by atoms with Crippen molar-refractivity contribution in [3.05, 3.63) is 0 Å². The molecule has 0 bridgehead atoms. The van der Waals surface area contributed by atoms with Crippen molar-refractivity contribution in [2.24, 2.45) is 10.7 Å². The molecular weight excluding hydrogens is 286 g/mol. The van der Waals surface area contributed by atoms with Gasteiger partial charge in [-0.3, -0.25) is 10.0 Å². The number of carbonyl (C=O) groups is 2. The summed E-state index contributed by atoms with van der Waals surface area (Å²) in [4.78, 5) is 25.2. The Labute approximate surface area is 121 Å². The number of carboxylic acid groups (broad SMARTS) is 1. The molecule has 0 rings (SSSR count). The van der Waals surface area contributed by atoms with Crippen LogP contribution in [0.4, 0.5) is 4.79 Å². The van der Waals surface area contributed by atoms with Crippen LogP contribution in [-0.4, -0.2) is 58.1 Å². The van der Waals surface area contributed by atoms with E-state index < -0.39 is 17.3 Å². The number of hydroxylamine groups is 2. The topological polar surface area (TPSA) is 125 Å². The number of nitrogens with two attached hydrogens (primary N) is 1. The molecule has 0 aromatic heterocycles. The molecule has 116 valence electrons. The number of nitrogens with zero attached hydrogens (tertiary/aromatic N) is 2. The van der Waals surface area contributed by atoms with E-state index >= 15 is 0 Å². The maximum atomic E-state index is 10.8. The maximum Gasteiger partial charge on any atom is 0.368 e. The monoisotopic (exact) mass is 307 g/mol. The molecule has 0 aliphatic heterocycles. The van der Waals surface area contributed by atoms with Gasteiger partial charge in [0.2, 0.25) is 0 Å². The lowest BCUT2D eigenvalue weighted by molar-refractivity contribution is -0.138. The molecule has 4 N–H and O–H groups in total. The smallest absolute Gasteiger partial charge is 0.368 e. The average molecular weight is 307 g/mol. The lowest BCUT2D eigenvalue weighted by Gasteiger charge is -2.16. The molecule has 20 heavy (non-hydrogen) atoms. The van der Waals surface area contributed by atoms with Crippen molar-refractivity contribution >= 4 is 28.9 Å². The second-order valence-corrected chi connectivity index (χ2v) is 4.74. The van der Waals surface area contributed by atoms with Crippen LogP contribution in [0.15, 0.2) is 4.99 Å². The number of amidine groups is 1. The fourth-order valence-corrected chi connectivity index (χ4v) is 1.40. The molecule has 0 spiro atoms. The van der Waals surface area contributed by atoms with Crippen molar-refractivity contribution in [3.63, 3.8) is 0 Å². The van der Waals surface area contributed by atoms with Gasteiger partial charge in [0.1, 0.15) is 11.9 Å². The minimum atomic E-state index is -1.03. The van der Waals surface area contributed by atoms with E-state index in [1.807, 2.05) is 0 Å². The van der Waals surface area contributed by atoms with Crippen LogP contribution in [0, 0.1) is 0 Å². The van der Waals surface area contributed by atoms with Crippen LogP contribution in [0.2, 0.25) is 0 Å². The van der Waals surface area contributed by atoms with Crippen molar-refractivity contribution in [2.75, 3.05) is 19.5 Å². The second-order valence-electron chi connectivity index (χ2n) is 4.00. The summed E-state index contributed by atoms with van der Waals surface area (Å²) in [6.07, 6.45) is 3.11. The Hall–Kier alpha value is -1.32. The number of unbranched alkanes of at least 4 members (excludes halogenated alkanes) is 1. The van der Waals surface area contributed by atoms with Gasteiger partial charge in [0, 0.05) is 6.54 Å². The van der Waals surface area contributed by atoms with Crippen molar-refractivity contribution in [1.29, 1.82) is 0 Å². The summed E-state index contributed by atoms with van der Waals surface area (Å²) in [6, 6.07) is -0.872. The highest BCUT2D eigenvalue weighted by molar-refractivity contribution is 8.12. The molecule has 0 saturated heterocycles. The van der Waals surface area contributed by atoms with Crippen LogP contribution >= 0.6 is 11.8 Å². The minimum Gasteiger partial charge on any atom is -0.480 e. The van der Waals surface area contributed by atoms with Crippen LogP contribution in [0.25, 0.3) is 0 Å². The van der Waals surface area contributed by atoms with Gasteiger partial charge in [0.25, 0.3) is 0 Å². The molecule has 0 amide bonds. The van der Waals surface area contributed by atoms with E-state index in [-0.39, 0.29) is 6.73 Å². The van der Waals surface area contributed by atoms with Gasteiger partial charge in [-0.2, -0.15) is 0 Å². The van der Waals surface area contributed by atoms with Crippen molar-refractivity contribution < 1.29 is 24.6 Å². The van der Waals surface area contributed by atoms with Crippen LogP contribution < -0.4 is 5.73 Å². The van der Waals surface area contributed by atoms with E-state index in [0.717, 1.165) is 16.8 Å². The molecule has 9 heteroatoms. The Bertz CT molecular complexity index is 351. The van der Waals surface area contributed by atoms with Gasteiger partial charge in [-0.25, -0.2) is 14.9 Å². The van der Waals surface area contributed by atoms with Gasteiger partial charge in [-0.1, -0.05) is 0 Å². The molecule has 0 heterocycles. The summed E-state index contributed by atoms with van der Waals surface area (Å²) in [6.45, 7) is 1.74. The largest absolute Gasteiger partial charge is 0.480 e. The number of carboxylic acids is 1. The van der Waals surface area contributed by atoms with Gasteiger partial charge < -0.3 is 15.6 Å². The van der Waals surface area contributed by atoms with Crippen molar-refractivity contribution in [2.45, 2.75) is 32.2 Å². The third-order valence-electron chi connectivity index (χ3n) is 2.47. The van der Waals surface area contributed by atoms with Gasteiger partial charge in [0.15, 0.2) is 6.73 Å².